The Morgan fingerprint density at radius 1 is 0.923 bits per heavy atom. The van der Waals surface area contributed by atoms with E-state index >= 15 is 4.39 Å². The molecule has 5 aromatic heterocycles. The second kappa shape index (κ2) is 9.21. The van der Waals surface area contributed by atoms with E-state index in [9.17, 15) is 9.50 Å². The molecule has 0 bridgehead atoms. The first-order chi connectivity index (χ1) is 18.7. The topological polar surface area (TPSA) is 128 Å². The van der Waals surface area contributed by atoms with Crippen molar-refractivity contribution in [3.05, 3.63) is 72.8 Å². The van der Waals surface area contributed by atoms with Gasteiger partial charge in [0.25, 0.3) is 0 Å². The molecule has 0 spiro atoms. The number of halogens is 2. The van der Waals surface area contributed by atoms with Gasteiger partial charge in [-0.1, -0.05) is 32.9 Å². The van der Waals surface area contributed by atoms with Gasteiger partial charge in [0.15, 0.2) is 11.6 Å². The number of hydrogen-bond donors (Lipinski definition) is 4. The average Bonchev–Trinajstić information content (AvgIpc) is 3.53. The Morgan fingerprint density at radius 2 is 1.77 bits per heavy atom. The van der Waals surface area contributed by atoms with Gasteiger partial charge in [-0.05, 0) is 24.3 Å². The summed E-state index contributed by atoms with van der Waals surface area (Å²) in [5.41, 5.74) is 3.47. The molecule has 0 saturated carbocycles. The monoisotopic (exact) mass is 526 g/mol. The molecule has 196 valence electrons. The first-order valence-corrected chi connectivity index (χ1v) is 12.2. The Kier molecular flexibility index (Phi) is 5.80. The molecule has 1 aromatic carbocycles. The van der Waals surface area contributed by atoms with E-state index in [-0.39, 0.29) is 22.6 Å². The fourth-order valence-corrected chi connectivity index (χ4v) is 4.27. The normalized spacial score (nSPS) is 12.8. The van der Waals surface area contributed by atoms with Crippen molar-refractivity contribution >= 4 is 27.6 Å². The molecule has 0 aliphatic heterocycles. The van der Waals surface area contributed by atoms with Gasteiger partial charge >= 0.3 is 0 Å². The minimum Gasteiger partial charge on any atom is -0.373 e. The number of hydrogen-bond acceptors (Lipinski definition) is 7. The van der Waals surface area contributed by atoms with E-state index < -0.39 is 17.5 Å². The second-order valence-electron chi connectivity index (χ2n) is 10.3. The molecule has 6 rings (SSSR count). The van der Waals surface area contributed by atoms with Gasteiger partial charge in [-0.2, -0.15) is 5.10 Å². The zero-order chi connectivity index (χ0) is 27.3. The van der Waals surface area contributed by atoms with Gasteiger partial charge < -0.3 is 15.4 Å². The van der Waals surface area contributed by atoms with Gasteiger partial charge in [0.1, 0.15) is 28.9 Å². The van der Waals surface area contributed by atoms with E-state index in [4.69, 9.17) is 0 Å². The van der Waals surface area contributed by atoms with E-state index in [2.05, 4.69) is 40.4 Å². The Morgan fingerprint density at radius 3 is 2.56 bits per heavy atom. The predicted molar refractivity (Wildman–Crippen MR) is 144 cm³/mol. The van der Waals surface area contributed by atoms with Crippen LogP contribution in [0.5, 0.6) is 0 Å². The predicted octanol–water partition coefficient (Wildman–Crippen LogP) is 5.68. The Labute approximate surface area is 221 Å². The molecule has 0 aliphatic rings. The molecule has 0 aliphatic carbocycles. The van der Waals surface area contributed by atoms with E-state index in [1.54, 1.807) is 36.7 Å². The highest BCUT2D eigenvalue weighted by molar-refractivity contribution is 5.97. The molecule has 1 atom stereocenters. The van der Waals surface area contributed by atoms with E-state index in [0.29, 0.717) is 44.9 Å². The van der Waals surface area contributed by atoms with Crippen LogP contribution in [0.1, 0.15) is 20.8 Å². The maximum Gasteiger partial charge on any atom is 0.161 e. The van der Waals surface area contributed by atoms with Crippen LogP contribution in [0.25, 0.3) is 56.0 Å². The summed E-state index contributed by atoms with van der Waals surface area (Å²) in [4.78, 5) is 20.8. The summed E-state index contributed by atoms with van der Waals surface area (Å²) < 4.78 is 29.9. The van der Waals surface area contributed by atoms with Crippen molar-refractivity contribution in [1.29, 1.82) is 0 Å². The van der Waals surface area contributed by atoms with Crippen LogP contribution in [0, 0.1) is 17.0 Å². The highest BCUT2D eigenvalue weighted by Crippen LogP contribution is 2.34. The van der Waals surface area contributed by atoms with Crippen molar-refractivity contribution in [2.75, 3.05) is 5.32 Å². The number of fused-ring (bicyclic) bond motifs is 2. The maximum absolute atomic E-state index is 16.0. The summed E-state index contributed by atoms with van der Waals surface area (Å²) in [7, 11) is 0. The van der Waals surface area contributed by atoms with Crippen molar-refractivity contribution in [3.8, 4) is 34.0 Å². The number of nitrogens with one attached hydrogen (secondary N) is 3. The summed E-state index contributed by atoms with van der Waals surface area (Å²) >= 11 is 0. The second-order valence-corrected chi connectivity index (χ2v) is 10.3. The summed E-state index contributed by atoms with van der Waals surface area (Å²) in [5, 5.41) is 20.8. The number of H-pyrrole nitrogens is 2. The summed E-state index contributed by atoms with van der Waals surface area (Å²) in [6.07, 6.45) is 5.31. The van der Waals surface area contributed by atoms with Crippen molar-refractivity contribution in [2.24, 2.45) is 5.41 Å². The standard InChI is InChI=1S/C28H24F2N8O/c1-28(2,3)27(39)34-17-10-15(11-31-12-17)22-21(30)20-19(13-33-22)37-38-25(20)26-35-18-7-8-32-23(24(18)36-26)14-5-4-6-16(29)9-14/h4-13,27,34,39H,1-3H3,(H,35,36)(H,37,38). The number of anilines is 1. The number of aromatic nitrogens is 7. The van der Waals surface area contributed by atoms with Crippen molar-refractivity contribution in [1.82, 2.24) is 35.1 Å². The number of imidazole rings is 1. The Hall–Kier alpha value is -4.77. The highest BCUT2D eigenvalue weighted by atomic mass is 19.1. The van der Waals surface area contributed by atoms with Crippen LogP contribution in [0.4, 0.5) is 14.5 Å². The SMILES string of the molecule is CC(C)(C)C(O)Nc1cncc(-c2ncc3[nH]nc(-c4nc5c(-c6cccc(F)c6)nccc5[nH]4)c3c2F)c1. The first kappa shape index (κ1) is 24.6. The number of benzene rings is 1. The van der Waals surface area contributed by atoms with Crippen molar-refractivity contribution in [3.63, 3.8) is 0 Å². The number of aromatic amines is 2. The lowest BCUT2D eigenvalue weighted by atomic mass is 9.94. The third-order valence-electron chi connectivity index (χ3n) is 6.40. The van der Waals surface area contributed by atoms with Gasteiger partial charge in [0.2, 0.25) is 0 Å². The van der Waals surface area contributed by atoms with Crippen LogP contribution in [0.2, 0.25) is 0 Å². The van der Waals surface area contributed by atoms with Crippen LogP contribution in [0.3, 0.4) is 0 Å². The molecular formula is C28H24F2N8O. The van der Waals surface area contributed by atoms with E-state index in [1.165, 1.54) is 24.5 Å². The van der Waals surface area contributed by atoms with Gasteiger partial charge in [0, 0.05) is 28.9 Å². The molecule has 1 unspecified atom stereocenters. The minimum atomic E-state index is -0.838. The zero-order valence-corrected chi connectivity index (χ0v) is 21.3. The van der Waals surface area contributed by atoms with Crippen molar-refractivity contribution < 1.29 is 13.9 Å². The number of nitrogens with zero attached hydrogens (tertiary/aromatic N) is 5. The van der Waals surface area contributed by atoms with E-state index in [0.717, 1.165) is 0 Å². The third-order valence-corrected chi connectivity index (χ3v) is 6.40. The molecule has 5 heterocycles. The van der Waals surface area contributed by atoms with Crippen LogP contribution in [-0.2, 0) is 0 Å². The molecule has 0 saturated heterocycles. The average molecular weight is 527 g/mol. The zero-order valence-electron chi connectivity index (χ0n) is 21.3. The molecule has 0 amide bonds. The summed E-state index contributed by atoms with van der Waals surface area (Å²) in [6, 6.07) is 9.51. The molecule has 39 heavy (non-hydrogen) atoms. The Balaban J connectivity index is 1.44. The fraction of sp³-hybridized carbons (Fsp3) is 0.179. The smallest absolute Gasteiger partial charge is 0.161 e. The number of pyridine rings is 3. The molecular weight excluding hydrogens is 502 g/mol. The maximum atomic E-state index is 16.0. The van der Waals surface area contributed by atoms with Crippen molar-refractivity contribution in [2.45, 2.75) is 27.0 Å². The highest BCUT2D eigenvalue weighted by Gasteiger charge is 2.24. The van der Waals surface area contributed by atoms with Gasteiger partial charge in [0.05, 0.1) is 40.2 Å². The largest absolute Gasteiger partial charge is 0.373 e. The van der Waals surface area contributed by atoms with Gasteiger partial charge in [-0.15, -0.1) is 0 Å². The molecule has 6 aromatic rings. The lowest BCUT2D eigenvalue weighted by Crippen LogP contribution is -2.33. The fourth-order valence-electron chi connectivity index (χ4n) is 4.27. The quantitative estimate of drug-likeness (QED) is 0.213. The Bertz CT molecular complexity index is 1840. The lowest BCUT2D eigenvalue weighted by Gasteiger charge is -2.27. The van der Waals surface area contributed by atoms with Crippen LogP contribution >= 0.6 is 0 Å². The number of aliphatic hydroxyl groups is 1. The van der Waals surface area contributed by atoms with Crippen LogP contribution < -0.4 is 5.32 Å². The van der Waals surface area contributed by atoms with Crippen LogP contribution in [0.15, 0.2) is 61.2 Å². The molecule has 9 nitrogen and oxygen atoms in total. The van der Waals surface area contributed by atoms with Gasteiger partial charge in [-0.25, -0.2) is 13.8 Å². The van der Waals surface area contributed by atoms with E-state index in [1.807, 2.05) is 20.8 Å². The minimum absolute atomic E-state index is 0.0739. The molecule has 11 heteroatoms. The molecule has 4 N–H and O–H groups in total. The summed E-state index contributed by atoms with van der Waals surface area (Å²) in [6.45, 7) is 5.69. The third kappa shape index (κ3) is 4.46. The summed E-state index contributed by atoms with van der Waals surface area (Å²) in [5.74, 6) is -0.667. The van der Waals surface area contributed by atoms with Gasteiger partial charge in [-0.3, -0.25) is 20.1 Å². The molecule has 0 radical (unpaired) electrons. The number of rotatable bonds is 5. The molecule has 0 fully saturated rings. The van der Waals surface area contributed by atoms with Crippen LogP contribution in [-0.4, -0.2) is 46.5 Å². The lowest BCUT2D eigenvalue weighted by molar-refractivity contribution is 0.0880. The number of aliphatic hydroxyl groups excluding tert-OH is 1. The first-order valence-electron chi connectivity index (χ1n) is 12.2.